The first kappa shape index (κ1) is 14.3. The molecular weight excluding hydrogens is 291 g/mol. The van der Waals surface area contributed by atoms with Crippen molar-refractivity contribution in [2.24, 2.45) is 0 Å². The molecule has 0 aliphatic rings. The topological polar surface area (TPSA) is 46.2 Å². The van der Waals surface area contributed by atoms with Gasteiger partial charge in [0.2, 0.25) is 0 Å². The van der Waals surface area contributed by atoms with Gasteiger partial charge in [0.05, 0.1) is 5.56 Å². The van der Waals surface area contributed by atoms with Gasteiger partial charge in [-0.25, -0.2) is 0 Å². The third kappa shape index (κ3) is 3.05. The van der Waals surface area contributed by atoms with Crippen LogP contribution < -0.4 is 5.32 Å². The number of anilines is 1. The molecule has 2 aromatic rings. The predicted molar refractivity (Wildman–Crippen MR) is 69.1 cm³/mol. The highest BCUT2D eigenvalue weighted by Crippen LogP contribution is 2.30. The molecule has 0 atom stereocenters. The van der Waals surface area contributed by atoms with Crippen molar-refractivity contribution in [3.05, 3.63) is 51.7 Å². The van der Waals surface area contributed by atoms with Gasteiger partial charge in [-0.1, -0.05) is 0 Å². The smallest absolute Gasteiger partial charge is 0.321 e. The Morgan fingerprint density at radius 3 is 2.35 bits per heavy atom. The molecular formula is C13H8F3NO2S. The average molecular weight is 299 g/mol. The molecule has 1 heterocycles. The molecule has 1 amide bonds. The Morgan fingerprint density at radius 1 is 1.15 bits per heavy atom. The van der Waals surface area contributed by atoms with E-state index >= 15 is 0 Å². The highest BCUT2D eigenvalue weighted by atomic mass is 32.1. The Hall–Kier alpha value is -2.15. The molecule has 7 heteroatoms. The molecule has 0 aliphatic heterocycles. The van der Waals surface area contributed by atoms with Crippen molar-refractivity contribution in [1.82, 2.24) is 0 Å². The molecule has 0 saturated carbocycles. The Bertz CT molecular complexity index is 632. The van der Waals surface area contributed by atoms with Crippen LogP contribution in [-0.2, 0) is 6.18 Å². The molecule has 0 bridgehead atoms. The van der Waals surface area contributed by atoms with Gasteiger partial charge in [-0.15, -0.1) is 11.3 Å². The van der Waals surface area contributed by atoms with Gasteiger partial charge in [-0.05, 0) is 35.7 Å². The molecule has 1 N–H and O–H groups in total. The first-order valence-electron chi connectivity index (χ1n) is 5.43. The lowest BCUT2D eigenvalue weighted by Gasteiger charge is -2.08. The average Bonchev–Trinajstić information content (AvgIpc) is 2.86. The molecule has 104 valence electrons. The van der Waals surface area contributed by atoms with E-state index in [9.17, 15) is 22.8 Å². The van der Waals surface area contributed by atoms with Gasteiger partial charge in [0.1, 0.15) is 4.88 Å². The van der Waals surface area contributed by atoms with E-state index in [0.717, 1.165) is 35.6 Å². The Morgan fingerprint density at radius 2 is 1.80 bits per heavy atom. The molecule has 0 radical (unpaired) electrons. The minimum atomic E-state index is -4.42. The zero-order valence-electron chi connectivity index (χ0n) is 9.90. The summed E-state index contributed by atoms with van der Waals surface area (Å²) in [7, 11) is 0. The van der Waals surface area contributed by atoms with Gasteiger partial charge < -0.3 is 5.32 Å². The zero-order chi connectivity index (χ0) is 14.8. The van der Waals surface area contributed by atoms with Crippen molar-refractivity contribution in [2.75, 3.05) is 5.32 Å². The fourth-order valence-electron chi connectivity index (χ4n) is 1.53. The number of amides is 1. The van der Waals surface area contributed by atoms with E-state index in [1.807, 2.05) is 0 Å². The third-order valence-electron chi connectivity index (χ3n) is 2.50. The summed E-state index contributed by atoms with van der Waals surface area (Å²) in [6.07, 6.45) is -3.86. The fourth-order valence-corrected chi connectivity index (χ4v) is 2.29. The van der Waals surface area contributed by atoms with Crippen molar-refractivity contribution >= 4 is 29.2 Å². The minimum Gasteiger partial charge on any atom is -0.321 e. The van der Waals surface area contributed by atoms with Gasteiger partial charge in [0.15, 0.2) is 6.29 Å². The number of carbonyl (C=O) groups excluding carboxylic acids is 2. The monoisotopic (exact) mass is 299 g/mol. The maximum absolute atomic E-state index is 12.4. The molecule has 0 unspecified atom stereocenters. The second kappa shape index (κ2) is 5.46. The highest BCUT2D eigenvalue weighted by molar-refractivity contribution is 7.12. The lowest BCUT2D eigenvalue weighted by Crippen LogP contribution is -2.12. The molecule has 0 fully saturated rings. The van der Waals surface area contributed by atoms with Crippen LogP contribution in [0.5, 0.6) is 0 Å². The first-order chi connectivity index (χ1) is 9.41. The lowest BCUT2D eigenvalue weighted by molar-refractivity contribution is -0.137. The second-order valence-electron chi connectivity index (χ2n) is 3.85. The summed E-state index contributed by atoms with van der Waals surface area (Å²) < 4.78 is 37.1. The first-order valence-corrected chi connectivity index (χ1v) is 6.31. The van der Waals surface area contributed by atoms with Crippen LogP contribution >= 0.6 is 11.3 Å². The molecule has 20 heavy (non-hydrogen) atoms. The van der Waals surface area contributed by atoms with E-state index in [2.05, 4.69) is 5.32 Å². The van der Waals surface area contributed by atoms with E-state index < -0.39 is 17.6 Å². The van der Waals surface area contributed by atoms with Crippen molar-refractivity contribution in [2.45, 2.75) is 6.18 Å². The molecule has 0 aliphatic carbocycles. The van der Waals surface area contributed by atoms with Gasteiger partial charge in [-0.2, -0.15) is 13.2 Å². The summed E-state index contributed by atoms with van der Waals surface area (Å²) >= 11 is 1.09. The van der Waals surface area contributed by atoms with Gasteiger partial charge in [0.25, 0.3) is 5.91 Å². The number of rotatable bonds is 3. The number of nitrogens with one attached hydrogen (secondary N) is 1. The molecule has 1 aromatic heterocycles. The summed E-state index contributed by atoms with van der Waals surface area (Å²) in [5.74, 6) is -0.526. The van der Waals surface area contributed by atoms with E-state index in [0.29, 0.717) is 6.29 Å². The van der Waals surface area contributed by atoms with Crippen LogP contribution in [0.1, 0.15) is 25.6 Å². The lowest BCUT2D eigenvalue weighted by atomic mass is 10.2. The van der Waals surface area contributed by atoms with Crippen LogP contribution in [0.25, 0.3) is 0 Å². The number of hydrogen-bond acceptors (Lipinski definition) is 3. The largest absolute Gasteiger partial charge is 0.416 e. The summed E-state index contributed by atoms with van der Waals surface area (Å²) in [6, 6.07) is 5.58. The van der Waals surface area contributed by atoms with Crippen LogP contribution in [0, 0.1) is 0 Å². The Kier molecular flexibility index (Phi) is 3.89. The predicted octanol–water partition coefficient (Wildman–Crippen LogP) is 3.83. The van der Waals surface area contributed by atoms with Crippen molar-refractivity contribution in [3.8, 4) is 0 Å². The second-order valence-corrected chi connectivity index (χ2v) is 4.77. The number of benzene rings is 1. The minimum absolute atomic E-state index is 0.222. The van der Waals surface area contributed by atoms with Crippen molar-refractivity contribution in [3.63, 3.8) is 0 Å². The quantitative estimate of drug-likeness (QED) is 0.875. The van der Waals surface area contributed by atoms with E-state index in [4.69, 9.17) is 0 Å². The van der Waals surface area contributed by atoms with Gasteiger partial charge in [0, 0.05) is 11.3 Å². The number of thiophene rings is 1. The van der Waals surface area contributed by atoms with Crippen LogP contribution in [0.15, 0.2) is 35.7 Å². The number of hydrogen-bond donors (Lipinski definition) is 1. The van der Waals surface area contributed by atoms with E-state index in [1.54, 1.807) is 5.38 Å². The maximum atomic E-state index is 12.4. The number of alkyl halides is 3. The number of aldehydes is 1. The van der Waals surface area contributed by atoms with Crippen LogP contribution in [0.2, 0.25) is 0 Å². The van der Waals surface area contributed by atoms with Gasteiger partial charge >= 0.3 is 6.18 Å². The SMILES string of the molecule is O=Cc1ccsc1C(=O)Nc1ccc(C(F)(F)F)cc1. The summed E-state index contributed by atoms with van der Waals surface area (Å²) in [6.45, 7) is 0. The van der Waals surface area contributed by atoms with Crippen molar-refractivity contribution < 1.29 is 22.8 Å². The van der Waals surface area contributed by atoms with E-state index in [1.165, 1.54) is 6.07 Å². The normalized spacial score (nSPS) is 11.2. The fraction of sp³-hybridized carbons (Fsp3) is 0.0769. The molecule has 2 rings (SSSR count). The van der Waals surface area contributed by atoms with E-state index in [-0.39, 0.29) is 16.1 Å². The summed E-state index contributed by atoms with van der Waals surface area (Å²) in [5, 5.41) is 4.03. The zero-order valence-corrected chi connectivity index (χ0v) is 10.7. The number of halogens is 3. The van der Waals surface area contributed by atoms with Crippen LogP contribution in [-0.4, -0.2) is 12.2 Å². The maximum Gasteiger partial charge on any atom is 0.416 e. The van der Waals surface area contributed by atoms with Crippen molar-refractivity contribution in [1.29, 1.82) is 0 Å². The van der Waals surface area contributed by atoms with Gasteiger partial charge in [-0.3, -0.25) is 9.59 Å². The Balaban J connectivity index is 2.15. The molecule has 3 nitrogen and oxygen atoms in total. The summed E-state index contributed by atoms with van der Waals surface area (Å²) in [5.41, 5.74) is -0.312. The molecule has 0 spiro atoms. The molecule has 0 saturated heterocycles. The third-order valence-corrected chi connectivity index (χ3v) is 3.43. The number of carbonyl (C=O) groups is 2. The van der Waals surface area contributed by atoms with Crippen LogP contribution in [0.4, 0.5) is 18.9 Å². The highest BCUT2D eigenvalue weighted by Gasteiger charge is 2.30. The standard InChI is InChI=1S/C13H8F3NO2S/c14-13(15,16)9-1-3-10(4-2-9)17-12(19)11-8(7-18)5-6-20-11/h1-7H,(H,17,19). The summed E-state index contributed by atoms with van der Waals surface area (Å²) in [4.78, 5) is 22.8. The molecule has 1 aromatic carbocycles. The Labute approximate surface area is 116 Å². The van der Waals surface area contributed by atoms with Crippen LogP contribution in [0.3, 0.4) is 0 Å².